The van der Waals surface area contributed by atoms with Gasteiger partial charge in [0.15, 0.2) is 0 Å². The van der Waals surface area contributed by atoms with Gasteiger partial charge in [0.2, 0.25) is 5.60 Å². The highest BCUT2D eigenvalue weighted by atomic mass is 19.4. The van der Waals surface area contributed by atoms with Crippen LogP contribution in [0.25, 0.3) is 0 Å². The van der Waals surface area contributed by atoms with Crippen LogP contribution in [0.2, 0.25) is 0 Å². The Kier molecular flexibility index (Phi) is 6.08. The highest BCUT2D eigenvalue weighted by Gasteiger charge is 2.83. The Morgan fingerprint density at radius 2 is 1.57 bits per heavy atom. The maximum absolute atomic E-state index is 14.6. The summed E-state index contributed by atoms with van der Waals surface area (Å²) in [4.78, 5) is 13.1. The molecule has 1 N–H and O–H groups in total. The molecule has 0 saturated carbocycles. The molecule has 1 aliphatic rings. The molecule has 1 aliphatic heterocycles. The number of aliphatic hydroxyl groups is 1. The minimum Gasteiger partial charge on any atom is -0.450 e. The fourth-order valence-electron chi connectivity index (χ4n) is 3.49. The van der Waals surface area contributed by atoms with Crippen molar-refractivity contribution in [1.29, 1.82) is 0 Å². The third-order valence-corrected chi connectivity index (χ3v) is 6.06. The highest BCUT2D eigenvalue weighted by Crippen LogP contribution is 2.56. The molecule has 1 heterocycles. The van der Waals surface area contributed by atoms with E-state index in [-0.39, 0.29) is 11.8 Å². The Morgan fingerprint density at radius 1 is 1.11 bits per heavy atom. The van der Waals surface area contributed by atoms with Gasteiger partial charge in [-0.25, -0.2) is 0 Å². The number of halogens is 5. The summed E-state index contributed by atoms with van der Waals surface area (Å²) >= 11 is 0. The summed E-state index contributed by atoms with van der Waals surface area (Å²) in [7, 11) is 0. The second-order valence-corrected chi connectivity index (χ2v) is 9.93. The van der Waals surface area contributed by atoms with Crippen molar-refractivity contribution in [3.63, 3.8) is 0 Å². The average Bonchev–Trinajstić information content (AvgIpc) is 2.66. The molecule has 1 fully saturated rings. The van der Waals surface area contributed by atoms with Gasteiger partial charge >= 0.3 is 23.9 Å². The van der Waals surface area contributed by atoms with Crippen LogP contribution in [0.1, 0.15) is 68.2 Å². The van der Waals surface area contributed by atoms with Crippen LogP contribution in [-0.4, -0.2) is 41.2 Å². The van der Waals surface area contributed by atoms with Gasteiger partial charge < -0.3 is 14.6 Å². The molecule has 9 heteroatoms. The molecular weight excluding hydrogens is 387 g/mol. The monoisotopic (exact) mass is 418 g/mol. The summed E-state index contributed by atoms with van der Waals surface area (Å²) in [5.74, 6) is -10.7. The van der Waals surface area contributed by atoms with Crippen molar-refractivity contribution in [3.8, 4) is 0 Å². The molecule has 0 aliphatic carbocycles. The van der Waals surface area contributed by atoms with Crippen molar-refractivity contribution >= 4 is 5.97 Å². The quantitative estimate of drug-likeness (QED) is 0.500. The number of carbonyl (C=O) groups excluding carboxylic acids is 1. The van der Waals surface area contributed by atoms with E-state index < -0.39 is 46.9 Å². The molecule has 28 heavy (non-hydrogen) atoms. The van der Waals surface area contributed by atoms with Crippen molar-refractivity contribution in [2.45, 2.75) is 91.7 Å². The predicted octanol–water partition coefficient (Wildman–Crippen LogP) is 5.08. The average molecular weight is 418 g/mol. The number of ether oxygens (including phenoxy) is 2. The SMILES string of the molecule is CCC(C)(C)C(C)(CC(C)(C)C)C(=O)OC1(C)COC(O)(C(F)(F)F)C1(F)F. The van der Waals surface area contributed by atoms with Crippen LogP contribution < -0.4 is 0 Å². The van der Waals surface area contributed by atoms with Gasteiger partial charge in [-0.3, -0.25) is 4.79 Å². The lowest BCUT2D eigenvalue weighted by Crippen LogP contribution is -2.64. The van der Waals surface area contributed by atoms with Crippen molar-refractivity contribution in [1.82, 2.24) is 0 Å². The Bertz CT molecular complexity index is 610. The van der Waals surface area contributed by atoms with Crippen molar-refractivity contribution in [3.05, 3.63) is 0 Å². The normalized spacial score (nSPS) is 30.8. The smallest absolute Gasteiger partial charge is 0.449 e. The standard InChI is InChI=1S/C19H31F5O4/c1-9-14(5,6)15(7,10-13(2,3)4)12(25)28-16(8)11-27-18(26,17(16,20)21)19(22,23)24/h26H,9-11H2,1-8H3. The molecule has 1 saturated heterocycles. The van der Waals surface area contributed by atoms with E-state index in [1.165, 1.54) is 0 Å². The van der Waals surface area contributed by atoms with Gasteiger partial charge in [-0.1, -0.05) is 41.5 Å². The third-order valence-electron chi connectivity index (χ3n) is 6.06. The topological polar surface area (TPSA) is 55.8 Å². The molecule has 0 bridgehead atoms. The van der Waals surface area contributed by atoms with E-state index in [0.29, 0.717) is 13.3 Å². The van der Waals surface area contributed by atoms with E-state index in [2.05, 4.69) is 4.74 Å². The maximum Gasteiger partial charge on any atom is 0.449 e. The minimum absolute atomic E-state index is 0.256. The molecule has 3 unspecified atom stereocenters. The highest BCUT2D eigenvalue weighted by molar-refractivity contribution is 5.78. The first-order chi connectivity index (χ1) is 12.1. The van der Waals surface area contributed by atoms with E-state index in [1.807, 2.05) is 27.7 Å². The van der Waals surface area contributed by atoms with Gasteiger partial charge in [-0.05, 0) is 37.5 Å². The lowest BCUT2D eigenvalue weighted by atomic mass is 9.59. The van der Waals surface area contributed by atoms with E-state index in [1.54, 1.807) is 20.8 Å². The Morgan fingerprint density at radius 3 is 1.89 bits per heavy atom. The minimum atomic E-state index is -5.77. The zero-order chi connectivity index (χ0) is 22.6. The zero-order valence-corrected chi connectivity index (χ0v) is 17.7. The van der Waals surface area contributed by atoms with Gasteiger partial charge in [0.05, 0.1) is 12.0 Å². The first-order valence-corrected chi connectivity index (χ1v) is 9.15. The number of hydrogen-bond acceptors (Lipinski definition) is 4. The van der Waals surface area contributed by atoms with Crippen LogP contribution in [0.4, 0.5) is 22.0 Å². The first-order valence-electron chi connectivity index (χ1n) is 9.15. The number of rotatable bonds is 5. The Labute approximate surface area is 162 Å². The molecule has 0 spiro atoms. The largest absolute Gasteiger partial charge is 0.450 e. The summed E-state index contributed by atoms with van der Waals surface area (Å²) in [6, 6.07) is 0. The molecule has 0 amide bonds. The van der Waals surface area contributed by atoms with E-state index in [0.717, 1.165) is 0 Å². The summed E-state index contributed by atoms with van der Waals surface area (Å²) in [6.45, 7) is 11.9. The first kappa shape index (κ1) is 25.1. The van der Waals surface area contributed by atoms with Gasteiger partial charge in [0.1, 0.15) is 0 Å². The second kappa shape index (κ2) is 6.79. The van der Waals surface area contributed by atoms with Crippen LogP contribution in [0.5, 0.6) is 0 Å². The summed E-state index contributed by atoms with van der Waals surface area (Å²) in [5.41, 5.74) is -5.32. The van der Waals surface area contributed by atoms with Crippen LogP contribution >= 0.6 is 0 Å². The lowest BCUT2D eigenvalue weighted by Gasteiger charge is -2.47. The van der Waals surface area contributed by atoms with Crippen molar-refractivity contribution in [2.24, 2.45) is 16.2 Å². The lowest BCUT2D eigenvalue weighted by molar-refractivity contribution is -0.409. The number of esters is 1. The summed E-state index contributed by atoms with van der Waals surface area (Å²) in [6.07, 6.45) is -5.01. The molecular formula is C19H31F5O4. The number of hydrogen-bond donors (Lipinski definition) is 1. The predicted molar refractivity (Wildman–Crippen MR) is 92.7 cm³/mol. The molecule has 0 aromatic heterocycles. The van der Waals surface area contributed by atoms with Gasteiger partial charge in [0, 0.05) is 0 Å². The van der Waals surface area contributed by atoms with Gasteiger partial charge in [-0.15, -0.1) is 0 Å². The second-order valence-electron chi connectivity index (χ2n) is 9.93. The fourth-order valence-corrected chi connectivity index (χ4v) is 3.49. The third kappa shape index (κ3) is 3.76. The number of alkyl halides is 5. The molecule has 0 aromatic rings. The molecule has 0 radical (unpaired) electrons. The maximum atomic E-state index is 14.6. The van der Waals surface area contributed by atoms with E-state index in [4.69, 9.17) is 4.74 Å². The zero-order valence-electron chi connectivity index (χ0n) is 17.7. The van der Waals surface area contributed by atoms with E-state index >= 15 is 0 Å². The van der Waals surface area contributed by atoms with Crippen LogP contribution in [0.3, 0.4) is 0 Å². The molecule has 4 nitrogen and oxygen atoms in total. The Hall–Kier alpha value is -0.960. The van der Waals surface area contributed by atoms with Gasteiger partial charge in [-0.2, -0.15) is 22.0 Å². The summed E-state index contributed by atoms with van der Waals surface area (Å²) in [5, 5.41) is 9.51. The molecule has 0 aromatic carbocycles. The fraction of sp³-hybridized carbons (Fsp3) is 0.947. The van der Waals surface area contributed by atoms with E-state index in [9.17, 15) is 31.9 Å². The molecule has 3 atom stereocenters. The number of carbonyl (C=O) groups is 1. The Balaban J connectivity index is 3.35. The van der Waals surface area contributed by atoms with Crippen molar-refractivity contribution in [2.75, 3.05) is 6.61 Å². The van der Waals surface area contributed by atoms with Crippen LogP contribution in [0.15, 0.2) is 0 Å². The summed E-state index contributed by atoms with van der Waals surface area (Å²) < 4.78 is 77.4. The van der Waals surface area contributed by atoms with Gasteiger partial charge in [0.25, 0.3) is 0 Å². The van der Waals surface area contributed by atoms with Crippen LogP contribution in [0, 0.1) is 16.2 Å². The molecule has 166 valence electrons. The van der Waals surface area contributed by atoms with Crippen molar-refractivity contribution < 1.29 is 41.3 Å². The van der Waals surface area contributed by atoms with Crippen LogP contribution in [-0.2, 0) is 14.3 Å². The molecule has 1 rings (SSSR count).